The summed E-state index contributed by atoms with van der Waals surface area (Å²) in [4.78, 5) is 4.17. The molecule has 0 aliphatic heterocycles. The fourth-order valence-corrected chi connectivity index (χ4v) is 3.03. The number of nitrogens with zero attached hydrogens (tertiary/aromatic N) is 1. The van der Waals surface area contributed by atoms with Crippen LogP contribution in [0.15, 0.2) is 79.1 Å². The van der Waals surface area contributed by atoms with Gasteiger partial charge in [-0.2, -0.15) is 0 Å². The van der Waals surface area contributed by atoms with Crippen LogP contribution in [0.25, 0.3) is 33.0 Å². The molecule has 2 N–H and O–H groups in total. The number of phenolic OH excluding ortho intramolecular Hbond substituents is 2. The molecule has 0 aliphatic rings. The van der Waals surface area contributed by atoms with Crippen molar-refractivity contribution in [2.24, 2.45) is 0 Å². The molecule has 4 rings (SSSR count). The molecule has 3 aromatic carbocycles. The standard InChI is InChI=1S/C21H15NO2/c23-17-8-3-6-14(11-17)19-12-15-5-1-2-9-18(15)20(21(19)24)16-7-4-10-22-13-16/h1-13,23-24H. The lowest BCUT2D eigenvalue weighted by Crippen LogP contribution is -1.88. The number of fused-ring (bicyclic) bond motifs is 1. The number of phenols is 2. The molecule has 0 bridgehead atoms. The minimum atomic E-state index is 0.169. The maximum absolute atomic E-state index is 11.0. The molecule has 116 valence electrons. The minimum Gasteiger partial charge on any atom is -0.508 e. The van der Waals surface area contributed by atoms with Gasteiger partial charge in [-0.05, 0) is 40.6 Å². The van der Waals surface area contributed by atoms with Crippen molar-refractivity contribution in [3.8, 4) is 33.8 Å². The quantitative estimate of drug-likeness (QED) is 0.549. The zero-order valence-electron chi connectivity index (χ0n) is 12.8. The summed E-state index contributed by atoms with van der Waals surface area (Å²) >= 11 is 0. The fourth-order valence-electron chi connectivity index (χ4n) is 3.03. The third kappa shape index (κ3) is 2.36. The Hall–Kier alpha value is -3.33. The Kier molecular flexibility index (Phi) is 3.39. The van der Waals surface area contributed by atoms with Crippen molar-refractivity contribution in [1.82, 2.24) is 4.98 Å². The first kappa shape index (κ1) is 14.3. The summed E-state index contributed by atoms with van der Waals surface area (Å²) in [6.45, 7) is 0. The van der Waals surface area contributed by atoms with Crippen molar-refractivity contribution >= 4 is 10.8 Å². The van der Waals surface area contributed by atoms with Crippen molar-refractivity contribution < 1.29 is 10.2 Å². The van der Waals surface area contributed by atoms with Gasteiger partial charge in [-0.25, -0.2) is 0 Å². The maximum Gasteiger partial charge on any atom is 0.131 e. The van der Waals surface area contributed by atoms with Gasteiger partial charge in [-0.3, -0.25) is 4.98 Å². The van der Waals surface area contributed by atoms with E-state index in [0.717, 1.165) is 27.5 Å². The van der Waals surface area contributed by atoms with Crippen LogP contribution < -0.4 is 0 Å². The lowest BCUT2D eigenvalue weighted by Gasteiger charge is -2.14. The first-order valence-corrected chi connectivity index (χ1v) is 7.68. The Labute approximate surface area is 139 Å². The topological polar surface area (TPSA) is 53.4 Å². The normalized spacial score (nSPS) is 10.8. The van der Waals surface area contributed by atoms with E-state index in [-0.39, 0.29) is 11.5 Å². The van der Waals surface area contributed by atoms with E-state index in [1.165, 1.54) is 0 Å². The van der Waals surface area contributed by atoms with Gasteiger partial charge in [-0.15, -0.1) is 0 Å². The van der Waals surface area contributed by atoms with E-state index in [2.05, 4.69) is 4.98 Å². The van der Waals surface area contributed by atoms with E-state index in [4.69, 9.17) is 0 Å². The average Bonchev–Trinajstić information content (AvgIpc) is 2.62. The van der Waals surface area contributed by atoms with Crippen LogP contribution in [-0.4, -0.2) is 15.2 Å². The second-order valence-electron chi connectivity index (χ2n) is 5.66. The van der Waals surface area contributed by atoms with Gasteiger partial charge < -0.3 is 10.2 Å². The van der Waals surface area contributed by atoms with Crippen molar-refractivity contribution in [2.45, 2.75) is 0 Å². The highest BCUT2D eigenvalue weighted by atomic mass is 16.3. The first-order chi connectivity index (χ1) is 11.7. The minimum absolute atomic E-state index is 0.169. The van der Waals surface area contributed by atoms with E-state index >= 15 is 0 Å². The largest absolute Gasteiger partial charge is 0.508 e. The molecular formula is C21H15NO2. The van der Waals surface area contributed by atoms with Crippen LogP contribution >= 0.6 is 0 Å². The van der Waals surface area contributed by atoms with Gasteiger partial charge in [0.25, 0.3) is 0 Å². The summed E-state index contributed by atoms with van der Waals surface area (Å²) in [5.74, 6) is 0.357. The van der Waals surface area contributed by atoms with Gasteiger partial charge in [0.1, 0.15) is 11.5 Å². The summed E-state index contributed by atoms with van der Waals surface area (Å²) in [6.07, 6.45) is 3.45. The lowest BCUT2D eigenvalue weighted by molar-refractivity contribution is 0.475. The second-order valence-corrected chi connectivity index (χ2v) is 5.66. The van der Waals surface area contributed by atoms with Gasteiger partial charge in [-0.1, -0.05) is 42.5 Å². The van der Waals surface area contributed by atoms with Crippen LogP contribution in [-0.2, 0) is 0 Å². The van der Waals surface area contributed by atoms with Crippen molar-refractivity contribution in [2.75, 3.05) is 0 Å². The van der Waals surface area contributed by atoms with E-state index in [0.29, 0.717) is 5.56 Å². The number of hydrogen-bond donors (Lipinski definition) is 2. The Morgan fingerprint density at radius 3 is 2.38 bits per heavy atom. The summed E-state index contributed by atoms with van der Waals surface area (Å²) < 4.78 is 0. The molecule has 4 aromatic rings. The molecular weight excluding hydrogens is 298 g/mol. The number of pyridine rings is 1. The molecule has 0 amide bonds. The van der Waals surface area contributed by atoms with Gasteiger partial charge in [0, 0.05) is 29.1 Å². The molecule has 0 atom stereocenters. The molecule has 0 saturated carbocycles. The highest BCUT2D eigenvalue weighted by Crippen LogP contribution is 2.43. The zero-order chi connectivity index (χ0) is 16.5. The van der Waals surface area contributed by atoms with Crippen LogP contribution in [0.4, 0.5) is 0 Å². The molecule has 3 heteroatoms. The Morgan fingerprint density at radius 1 is 0.750 bits per heavy atom. The SMILES string of the molecule is Oc1cccc(-c2cc3ccccc3c(-c3cccnc3)c2O)c1. The maximum atomic E-state index is 11.0. The van der Waals surface area contributed by atoms with Gasteiger partial charge >= 0.3 is 0 Å². The average molecular weight is 313 g/mol. The summed E-state index contributed by atoms with van der Waals surface area (Å²) in [6, 6.07) is 20.6. The monoisotopic (exact) mass is 313 g/mol. The third-order valence-corrected chi connectivity index (χ3v) is 4.13. The van der Waals surface area contributed by atoms with Crippen molar-refractivity contribution in [3.63, 3.8) is 0 Å². The third-order valence-electron chi connectivity index (χ3n) is 4.13. The fraction of sp³-hybridized carbons (Fsp3) is 0. The van der Waals surface area contributed by atoms with E-state index in [1.807, 2.05) is 48.5 Å². The smallest absolute Gasteiger partial charge is 0.131 e. The highest BCUT2D eigenvalue weighted by molar-refractivity contribution is 6.04. The second kappa shape index (κ2) is 5.70. The predicted molar refractivity (Wildman–Crippen MR) is 95.9 cm³/mol. The Bertz CT molecular complexity index is 1030. The van der Waals surface area contributed by atoms with E-state index in [1.54, 1.807) is 30.6 Å². The van der Waals surface area contributed by atoms with E-state index < -0.39 is 0 Å². The first-order valence-electron chi connectivity index (χ1n) is 7.68. The zero-order valence-corrected chi connectivity index (χ0v) is 12.8. The number of aromatic nitrogens is 1. The van der Waals surface area contributed by atoms with Crippen LogP contribution in [0.5, 0.6) is 11.5 Å². The number of hydrogen-bond acceptors (Lipinski definition) is 3. The van der Waals surface area contributed by atoms with E-state index in [9.17, 15) is 10.2 Å². The number of aromatic hydroxyl groups is 2. The molecule has 1 aromatic heterocycles. The van der Waals surface area contributed by atoms with Crippen LogP contribution in [0.1, 0.15) is 0 Å². The molecule has 0 aliphatic carbocycles. The highest BCUT2D eigenvalue weighted by Gasteiger charge is 2.16. The number of rotatable bonds is 2. The predicted octanol–water partition coefficient (Wildman–Crippen LogP) is 4.98. The molecule has 1 heterocycles. The van der Waals surface area contributed by atoms with Gasteiger partial charge in [0.2, 0.25) is 0 Å². The van der Waals surface area contributed by atoms with Crippen LogP contribution in [0.2, 0.25) is 0 Å². The van der Waals surface area contributed by atoms with Gasteiger partial charge in [0.05, 0.1) is 0 Å². The molecule has 0 radical (unpaired) electrons. The Morgan fingerprint density at radius 2 is 1.58 bits per heavy atom. The molecule has 3 nitrogen and oxygen atoms in total. The summed E-state index contributed by atoms with van der Waals surface area (Å²) in [5.41, 5.74) is 3.06. The summed E-state index contributed by atoms with van der Waals surface area (Å²) in [7, 11) is 0. The summed E-state index contributed by atoms with van der Waals surface area (Å²) in [5, 5.41) is 22.7. The Balaban J connectivity index is 2.09. The molecule has 24 heavy (non-hydrogen) atoms. The molecule has 0 saturated heterocycles. The van der Waals surface area contributed by atoms with Crippen LogP contribution in [0, 0.1) is 0 Å². The van der Waals surface area contributed by atoms with Crippen LogP contribution in [0.3, 0.4) is 0 Å². The molecule has 0 unspecified atom stereocenters. The molecule has 0 fully saturated rings. The molecule has 0 spiro atoms. The lowest BCUT2D eigenvalue weighted by atomic mass is 9.92. The van der Waals surface area contributed by atoms with Gasteiger partial charge in [0.15, 0.2) is 0 Å². The number of benzene rings is 3. The van der Waals surface area contributed by atoms with Crippen molar-refractivity contribution in [3.05, 3.63) is 79.1 Å². The van der Waals surface area contributed by atoms with Crippen molar-refractivity contribution in [1.29, 1.82) is 0 Å².